The highest BCUT2D eigenvalue weighted by Crippen LogP contribution is 2.29. The second kappa shape index (κ2) is 20.2. The second-order valence-corrected chi connectivity index (χ2v) is 15.1. The molecule has 0 unspecified atom stereocenters. The summed E-state index contributed by atoms with van der Waals surface area (Å²) in [4.78, 5) is 50.1. The van der Waals surface area contributed by atoms with E-state index in [9.17, 15) is 27.6 Å². The normalized spacial score (nSPS) is 13.9. The smallest absolute Gasteiger partial charge is 0.416 e. The zero-order valence-electron chi connectivity index (χ0n) is 34.0. The maximum atomic E-state index is 14.6. The number of rotatable bonds is 16. The van der Waals surface area contributed by atoms with E-state index in [1.165, 1.54) is 24.3 Å². The number of amides is 3. The molecule has 3 amide bonds. The van der Waals surface area contributed by atoms with Crippen LogP contribution in [0, 0.1) is 0 Å². The van der Waals surface area contributed by atoms with Crippen molar-refractivity contribution in [2.24, 2.45) is 0 Å². The molecule has 0 aliphatic carbocycles. The van der Waals surface area contributed by atoms with Crippen molar-refractivity contribution < 1.29 is 32.3 Å². The first-order valence-electron chi connectivity index (χ1n) is 19.6. The second-order valence-electron chi connectivity index (χ2n) is 15.1. The van der Waals surface area contributed by atoms with Gasteiger partial charge >= 0.3 is 6.18 Å². The molecule has 4 aromatic rings. The van der Waals surface area contributed by atoms with Crippen LogP contribution in [0.25, 0.3) is 6.08 Å². The van der Waals surface area contributed by atoms with Gasteiger partial charge in [0.2, 0.25) is 17.7 Å². The van der Waals surface area contributed by atoms with Crippen LogP contribution in [0.1, 0.15) is 48.6 Å². The summed E-state index contributed by atoms with van der Waals surface area (Å²) in [5, 5.41) is 0. The van der Waals surface area contributed by atoms with Crippen LogP contribution in [0.3, 0.4) is 0 Å². The first-order valence-corrected chi connectivity index (χ1v) is 19.6. The van der Waals surface area contributed by atoms with Gasteiger partial charge in [-0.05, 0) is 85.6 Å². The number of alkyl halides is 3. The van der Waals surface area contributed by atoms with E-state index in [0.717, 1.165) is 40.3 Å². The number of anilines is 1. The maximum Gasteiger partial charge on any atom is 0.416 e. The molecule has 5 rings (SSSR count). The van der Waals surface area contributed by atoms with Gasteiger partial charge in [-0.25, -0.2) is 0 Å². The number of carbonyl (C=O) groups excluding carboxylic acids is 3. The lowest BCUT2D eigenvalue weighted by Gasteiger charge is -2.36. The molecule has 0 bridgehead atoms. The SMILES string of the molecule is CC(=O)N1CCN(c2ccc(CN(C(=O)/C=C/c3ccc(C(F)(F)F)cc3)[C@@H](Cc3ccccc3)C(=O)N(C)CCN(C)Cc3ccc(OC(C)C)cc3)cc2)CC1. The van der Waals surface area contributed by atoms with Gasteiger partial charge in [-0.2, -0.15) is 13.2 Å². The highest BCUT2D eigenvalue weighted by molar-refractivity contribution is 5.95. The van der Waals surface area contributed by atoms with Crippen molar-refractivity contribution in [2.45, 2.75) is 58.6 Å². The standard InChI is InChI=1S/C46H54F3N5O4/c1-34(2)58-42-22-15-38(16-23-42)32-50(4)25-26-51(5)45(57)43(31-37-9-7-6-8-10-37)54(44(56)24-17-36-11-18-40(19-12-36)46(47,48)49)33-39-13-20-41(21-14-39)53-29-27-52(28-30-53)35(3)55/h6-24,34,43H,25-33H2,1-5H3/b24-17+/t43-/m0/s1. The number of likely N-dealkylation sites (N-methyl/N-ethyl adjacent to an activating group) is 2. The molecule has 1 aliphatic heterocycles. The molecule has 1 fully saturated rings. The van der Waals surface area contributed by atoms with Crippen LogP contribution in [0.2, 0.25) is 0 Å². The molecule has 58 heavy (non-hydrogen) atoms. The van der Waals surface area contributed by atoms with Gasteiger partial charge in [-0.15, -0.1) is 0 Å². The van der Waals surface area contributed by atoms with E-state index >= 15 is 0 Å². The predicted molar refractivity (Wildman–Crippen MR) is 222 cm³/mol. The number of hydrogen-bond acceptors (Lipinski definition) is 6. The molecule has 0 N–H and O–H groups in total. The number of ether oxygens (including phenoxy) is 1. The molecule has 1 aliphatic rings. The number of carbonyl (C=O) groups is 3. The van der Waals surface area contributed by atoms with E-state index in [1.807, 2.05) is 105 Å². The highest BCUT2D eigenvalue weighted by Gasteiger charge is 2.32. The number of piperazine rings is 1. The number of halogens is 3. The largest absolute Gasteiger partial charge is 0.491 e. The van der Waals surface area contributed by atoms with E-state index in [2.05, 4.69) is 9.80 Å². The van der Waals surface area contributed by atoms with Crippen LogP contribution in [0.15, 0.2) is 109 Å². The Morgan fingerprint density at radius 1 is 0.759 bits per heavy atom. The minimum Gasteiger partial charge on any atom is -0.491 e. The Morgan fingerprint density at radius 2 is 1.36 bits per heavy atom. The van der Waals surface area contributed by atoms with Crippen LogP contribution in [0.4, 0.5) is 18.9 Å². The van der Waals surface area contributed by atoms with Crippen molar-refractivity contribution in [3.05, 3.63) is 137 Å². The van der Waals surface area contributed by atoms with Crippen molar-refractivity contribution >= 4 is 29.5 Å². The molecule has 0 aromatic heterocycles. The highest BCUT2D eigenvalue weighted by atomic mass is 19.4. The van der Waals surface area contributed by atoms with Crippen LogP contribution in [-0.4, -0.2) is 103 Å². The molecule has 1 saturated heterocycles. The average Bonchev–Trinajstić information content (AvgIpc) is 3.21. The molecule has 0 saturated carbocycles. The topological polar surface area (TPSA) is 76.6 Å². The molecule has 0 spiro atoms. The Morgan fingerprint density at radius 3 is 1.95 bits per heavy atom. The van der Waals surface area contributed by atoms with Gasteiger partial charge in [0.05, 0.1) is 11.7 Å². The fourth-order valence-corrected chi connectivity index (χ4v) is 6.87. The van der Waals surface area contributed by atoms with Crippen molar-refractivity contribution in [3.8, 4) is 5.75 Å². The molecule has 9 nitrogen and oxygen atoms in total. The molecule has 4 aromatic carbocycles. The van der Waals surface area contributed by atoms with Crippen molar-refractivity contribution in [3.63, 3.8) is 0 Å². The van der Waals surface area contributed by atoms with Gasteiger partial charge in [-0.1, -0.05) is 66.7 Å². The number of benzene rings is 4. The Bertz CT molecular complexity index is 1960. The number of hydrogen-bond donors (Lipinski definition) is 0. The van der Waals surface area contributed by atoms with Crippen molar-refractivity contribution in [2.75, 3.05) is 58.3 Å². The molecule has 1 heterocycles. The van der Waals surface area contributed by atoms with Crippen LogP contribution in [-0.2, 0) is 40.1 Å². The van der Waals surface area contributed by atoms with E-state index in [4.69, 9.17) is 4.74 Å². The van der Waals surface area contributed by atoms with Crippen molar-refractivity contribution in [1.29, 1.82) is 0 Å². The fraction of sp³-hybridized carbons (Fsp3) is 0.370. The Hall–Kier alpha value is -5.62. The summed E-state index contributed by atoms with van der Waals surface area (Å²) in [7, 11) is 3.74. The lowest BCUT2D eigenvalue weighted by molar-refractivity contribution is -0.143. The zero-order valence-corrected chi connectivity index (χ0v) is 34.0. The Kier molecular flexibility index (Phi) is 15.1. The molecule has 0 radical (unpaired) electrons. The van der Waals surface area contributed by atoms with E-state index in [1.54, 1.807) is 23.8 Å². The summed E-state index contributed by atoms with van der Waals surface area (Å²) in [6, 6.07) is 29.0. The monoisotopic (exact) mass is 797 g/mol. The van der Waals surface area contributed by atoms with Gasteiger partial charge in [-0.3, -0.25) is 14.4 Å². The molecule has 12 heteroatoms. The van der Waals surface area contributed by atoms with Gasteiger partial charge in [0.1, 0.15) is 11.8 Å². The summed E-state index contributed by atoms with van der Waals surface area (Å²) in [5.74, 6) is 0.186. The minimum atomic E-state index is -4.48. The first kappa shape index (κ1) is 43.5. The zero-order chi connectivity index (χ0) is 41.8. The van der Waals surface area contributed by atoms with E-state index in [0.29, 0.717) is 51.4 Å². The third-order valence-electron chi connectivity index (χ3n) is 10.2. The van der Waals surface area contributed by atoms with Gasteiger partial charge in [0.25, 0.3) is 0 Å². The van der Waals surface area contributed by atoms with Crippen LogP contribution in [0.5, 0.6) is 5.75 Å². The first-order chi connectivity index (χ1) is 27.7. The van der Waals surface area contributed by atoms with Crippen molar-refractivity contribution in [1.82, 2.24) is 19.6 Å². The van der Waals surface area contributed by atoms with Gasteiger partial charge in [0, 0.05) is 84.5 Å². The molecular weight excluding hydrogens is 744 g/mol. The average molecular weight is 798 g/mol. The van der Waals surface area contributed by atoms with E-state index < -0.39 is 23.7 Å². The van der Waals surface area contributed by atoms with Gasteiger partial charge in [0.15, 0.2) is 0 Å². The number of nitrogens with zero attached hydrogens (tertiary/aromatic N) is 5. The predicted octanol–water partition coefficient (Wildman–Crippen LogP) is 7.40. The van der Waals surface area contributed by atoms with Crippen LogP contribution >= 0.6 is 0 Å². The molecule has 1 atom stereocenters. The quantitative estimate of drug-likeness (QED) is 0.110. The minimum absolute atomic E-state index is 0.0584. The summed E-state index contributed by atoms with van der Waals surface area (Å²) >= 11 is 0. The summed E-state index contributed by atoms with van der Waals surface area (Å²) < 4.78 is 45.5. The Labute approximate surface area is 340 Å². The molecule has 308 valence electrons. The summed E-state index contributed by atoms with van der Waals surface area (Å²) in [6.45, 7) is 9.99. The summed E-state index contributed by atoms with van der Waals surface area (Å²) in [6.07, 6.45) is -1.34. The maximum absolute atomic E-state index is 14.6. The third-order valence-corrected chi connectivity index (χ3v) is 10.2. The lowest BCUT2D eigenvalue weighted by Crippen LogP contribution is -2.51. The fourth-order valence-electron chi connectivity index (χ4n) is 6.87. The van der Waals surface area contributed by atoms with Gasteiger partial charge < -0.3 is 29.2 Å². The third kappa shape index (κ3) is 12.7. The summed E-state index contributed by atoms with van der Waals surface area (Å²) in [5.41, 5.74) is 3.42. The van der Waals surface area contributed by atoms with Crippen LogP contribution < -0.4 is 9.64 Å². The lowest BCUT2D eigenvalue weighted by atomic mass is 10.0. The Balaban J connectivity index is 1.37. The van der Waals surface area contributed by atoms with E-state index in [-0.39, 0.29) is 30.9 Å². The molecular formula is C46H54F3N5O4.